The van der Waals surface area contributed by atoms with Crippen molar-refractivity contribution in [3.05, 3.63) is 39.3 Å². The maximum absolute atomic E-state index is 12.2. The van der Waals surface area contributed by atoms with E-state index < -0.39 is 0 Å². The van der Waals surface area contributed by atoms with E-state index in [9.17, 15) is 4.79 Å². The summed E-state index contributed by atoms with van der Waals surface area (Å²) >= 11 is 1.85. The fourth-order valence-electron chi connectivity index (χ4n) is 2.84. The molecule has 24 heavy (non-hydrogen) atoms. The molecule has 0 spiro atoms. The van der Waals surface area contributed by atoms with Crippen LogP contribution in [0.25, 0.3) is 0 Å². The first-order chi connectivity index (χ1) is 11.5. The molecule has 0 fully saturated rings. The van der Waals surface area contributed by atoms with Crippen molar-refractivity contribution in [2.45, 2.75) is 26.6 Å². The number of nitrogens with one attached hydrogen (secondary N) is 1. The molecule has 0 atom stereocenters. The topological polar surface area (TPSA) is 53.4 Å². The van der Waals surface area contributed by atoms with Crippen LogP contribution in [0.1, 0.15) is 25.9 Å². The number of rotatable bonds is 6. The van der Waals surface area contributed by atoms with Crippen LogP contribution in [0, 0.1) is 6.92 Å². The molecule has 3 heterocycles. The Bertz CT molecular complexity index is 706. The summed E-state index contributed by atoms with van der Waals surface area (Å²) in [5.74, 6) is -0.0841. The summed E-state index contributed by atoms with van der Waals surface area (Å²) in [6.45, 7) is 7.22. The normalized spacial score (nSPS) is 14.8. The molecule has 0 bridgehead atoms. The third-order valence-corrected chi connectivity index (χ3v) is 5.12. The van der Waals surface area contributed by atoms with Crippen LogP contribution in [0.15, 0.2) is 18.2 Å². The number of thiophene rings is 1. The highest BCUT2D eigenvalue weighted by Crippen LogP contribution is 2.20. The SMILES string of the molecule is Cc1ccc(CN2CCn3nc(C(=O)NCCN(C)C)cc3C2)s1. The lowest BCUT2D eigenvalue weighted by molar-refractivity contribution is 0.0945. The van der Waals surface area contributed by atoms with E-state index in [1.807, 2.05) is 41.1 Å². The summed E-state index contributed by atoms with van der Waals surface area (Å²) in [6.07, 6.45) is 0. The summed E-state index contributed by atoms with van der Waals surface area (Å²) in [6, 6.07) is 6.30. The third-order valence-electron chi connectivity index (χ3n) is 4.13. The zero-order valence-corrected chi connectivity index (χ0v) is 15.4. The van der Waals surface area contributed by atoms with Crippen LogP contribution in [0.3, 0.4) is 0 Å². The molecule has 7 heteroatoms. The van der Waals surface area contributed by atoms with Crippen LogP contribution in [0.4, 0.5) is 0 Å². The van der Waals surface area contributed by atoms with Gasteiger partial charge in [0.1, 0.15) is 5.69 Å². The molecule has 2 aromatic heterocycles. The van der Waals surface area contributed by atoms with E-state index in [4.69, 9.17) is 0 Å². The van der Waals surface area contributed by atoms with Crippen LogP contribution in [-0.2, 0) is 19.6 Å². The Kier molecular flexibility index (Phi) is 5.33. The van der Waals surface area contributed by atoms with Gasteiger partial charge in [0, 0.05) is 42.5 Å². The molecule has 0 aromatic carbocycles. The first-order valence-electron chi connectivity index (χ1n) is 8.28. The van der Waals surface area contributed by atoms with Crippen molar-refractivity contribution in [1.82, 2.24) is 24.9 Å². The number of fused-ring (bicyclic) bond motifs is 1. The van der Waals surface area contributed by atoms with Crippen molar-refractivity contribution < 1.29 is 4.79 Å². The largest absolute Gasteiger partial charge is 0.349 e. The lowest BCUT2D eigenvalue weighted by Gasteiger charge is -2.26. The lowest BCUT2D eigenvalue weighted by Crippen LogP contribution is -2.33. The Morgan fingerprint density at radius 1 is 1.38 bits per heavy atom. The monoisotopic (exact) mass is 347 g/mol. The zero-order chi connectivity index (χ0) is 17.1. The Morgan fingerprint density at radius 2 is 2.21 bits per heavy atom. The van der Waals surface area contributed by atoms with Crippen molar-refractivity contribution in [1.29, 1.82) is 0 Å². The summed E-state index contributed by atoms with van der Waals surface area (Å²) in [5.41, 5.74) is 1.64. The van der Waals surface area contributed by atoms with Gasteiger partial charge in [0.15, 0.2) is 0 Å². The van der Waals surface area contributed by atoms with Gasteiger partial charge in [-0.15, -0.1) is 11.3 Å². The highest BCUT2D eigenvalue weighted by Gasteiger charge is 2.21. The second-order valence-corrected chi connectivity index (χ2v) is 7.90. The maximum atomic E-state index is 12.2. The van der Waals surface area contributed by atoms with Gasteiger partial charge in [0.25, 0.3) is 5.91 Å². The standard InChI is InChI=1S/C17H25N5OS/c1-13-4-5-15(24-13)12-21-8-9-22-14(11-21)10-16(19-22)17(23)18-6-7-20(2)3/h4-5,10H,6-9,11-12H2,1-3H3,(H,18,23). The van der Waals surface area contributed by atoms with Crippen LogP contribution in [0.5, 0.6) is 0 Å². The molecule has 0 saturated carbocycles. The molecular weight excluding hydrogens is 322 g/mol. The number of likely N-dealkylation sites (N-methyl/N-ethyl adjacent to an activating group) is 1. The summed E-state index contributed by atoms with van der Waals surface area (Å²) in [7, 11) is 3.98. The second kappa shape index (κ2) is 7.46. The molecule has 0 saturated heterocycles. The zero-order valence-electron chi connectivity index (χ0n) is 14.6. The van der Waals surface area contributed by atoms with Crippen molar-refractivity contribution in [3.63, 3.8) is 0 Å². The molecule has 1 N–H and O–H groups in total. The lowest BCUT2D eigenvalue weighted by atomic mass is 10.2. The highest BCUT2D eigenvalue weighted by molar-refractivity contribution is 7.11. The number of amides is 1. The van der Waals surface area contributed by atoms with Crippen LogP contribution < -0.4 is 5.32 Å². The summed E-state index contributed by atoms with van der Waals surface area (Å²) < 4.78 is 1.97. The van der Waals surface area contributed by atoms with Crippen molar-refractivity contribution in [2.75, 3.05) is 33.7 Å². The number of carbonyl (C=O) groups excluding carboxylic acids is 1. The number of hydrogen-bond acceptors (Lipinski definition) is 5. The third kappa shape index (κ3) is 4.23. The number of aromatic nitrogens is 2. The smallest absolute Gasteiger partial charge is 0.271 e. The molecule has 0 radical (unpaired) electrons. The first kappa shape index (κ1) is 17.1. The van der Waals surface area contributed by atoms with Gasteiger partial charge in [-0.05, 0) is 39.2 Å². The van der Waals surface area contributed by atoms with Crippen molar-refractivity contribution in [2.24, 2.45) is 0 Å². The predicted molar refractivity (Wildman–Crippen MR) is 96.3 cm³/mol. The number of aryl methyl sites for hydroxylation is 1. The average Bonchev–Trinajstić information content (AvgIpc) is 3.12. The highest BCUT2D eigenvalue weighted by atomic mass is 32.1. The van der Waals surface area contributed by atoms with Crippen molar-refractivity contribution >= 4 is 17.2 Å². The predicted octanol–water partition coefficient (Wildman–Crippen LogP) is 1.56. The van der Waals surface area contributed by atoms with Gasteiger partial charge in [-0.2, -0.15) is 5.10 Å². The fraction of sp³-hybridized carbons (Fsp3) is 0.529. The molecule has 3 rings (SSSR count). The molecule has 1 amide bonds. The minimum absolute atomic E-state index is 0.0841. The van der Waals surface area contributed by atoms with E-state index in [-0.39, 0.29) is 5.91 Å². The second-order valence-electron chi connectivity index (χ2n) is 6.53. The van der Waals surface area contributed by atoms with Gasteiger partial charge in [0.2, 0.25) is 0 Å². The molecule has 1 aliphatic heterocycles. The van der Waals surface area contributed by atoms with Gasteiger partial charge >= 0.3 is 0 Å². The first-order valence-corrected chi connectivity index (χ1v) is 9.10. The minimum Gasteiger partial charge on any atom is -0.349 e. The number of nitrogens with zero attached hydrogens (tertiary/aromatic N) is 4. The molecule has 6 nitrogen and oxygen atoms in total. The van der Waals surface area contributed by atoms with Gasteiger partial charge in [0.05, 0.1) is 12.2 Å². The number of carbonyl (C=O) groups is 1. The van der Waals surface area contributed by atoms with E-state index in [0.29, 0.717) is 12.2 Å². The average molecular weight is 347 g/mol. The molecule has 0 aliphatic carbocycles. The molecule has 130 valence electrons. The molecular formula is C17H25N5OS. The van der Waals surface area contributed by atoms with E-state index in [2.05, 4.69) is 34.4 Å². The Hall–Kier alpha value is -1.70. The van der Waals surface area contributed by atoms with E-state index in [1.54, 1.807) is 0 Å². The molecule has 0 unspecified atom stereocenters. The Labute approximate surface area is 147 Å². The van der Waals surface area contributed by atoms with Gasteiger partial charge in [-0.3, -0.25) is 14.4 Å². The van der Waals surface area contributed by atoms with E-state index in [1.165, 1.54) is 9.75 Å². The summed E-state index contributed by atoms with van der Waals surface area (Å²) in [5, 5.41) is 7.39. The Balaban J connectivity index is 1.58. The minimum atomic E-state index is -0.0841. The van der Waals surface area contributed by atoms with Crippen LogP contribution in [-0.4, -0.2) is 59.2 Å². The van der Waals surface area contributed by atoms with Crippen LogP contribution >= 0.6 is 11.3 Å². The Morgan fingerprint density at radius 3 is 2.92 bits per heavy atom. The van der Waals surface area contributed by atoms with Crippen LogP contribution in [0.2, 0.25) is 0 Å². The van der Waals surface area contributed by atoms with E-state index in [0.717, 1.165) is 38.4 Å². The van der Waals surface area contributed by atoms with Gasteiger partial charge < -0.3 is 10.2 Å². The maximum Gasteiger partial charge on any atom is 0.271 e. The number of hydrogen-bond donors (Lipinski definition) is 1. The van der Waals surface area contributed by atoms with Crippen molar-refractivity contribution in [3.8, 4) is 0 Å². The molecule has 2 aromatic rings. The summed E-state index contributed by atoms with van der Waals surface area (Å²) in [4.78, 5) is 19.4. The van der Waals surface area contributed by atoms with Gasteiger partial charge in [-0.25, -0.2) is 0 Å². The fourth-order valence-corrected chi connectivity index (χ4v) is 3.77. The van der Waals surface area contributed by atoms with Gasteiger partial charge in [-0.1, -0.05) is 0 Å². The molecule has 1 aliphatic rings. The quantitative estimate of drug-likeness (QED) is 0.862. The van der Waals surface area contributed by atoms with E-state index >= 15 is 0 Å².